The van der Waals surface area contributed by atoms with Gasteiger partial charge in [0.2, 0.25) is 5.91 Å². The summed E-state index contributed by atoms with van der Waals surface area (Å²) in [7, 11) is 3.03. The van der Waals surface area contributed by atoms with E-state index in [-0.39, 0.29) is 19.4 Å². The number of cyclic esters (lactones) is 1. The van der Waals surface area contributed by atoms with Gasteiger partial charge in [0.1, 0.15) is 12.2 Å². The summed E-state index contributed by atoms with van der Waals surface area (Å²) in [6, 6.07) is 14.3. The molecule has 0 N–H and O–H groups in total. The smallest absolute Gasteiger partial charge is 0.417 e. The van der Waals surface area contributed by atoms with E-state index in [1.807, 2.05) is 30.3 Å². The second-order valence-electron chi connectivity index (χ2n) is 9.42. The van der Waals surface area contributed by atoms with Gasteiger partial charge in [-0.25, -0.2) is 9.69 Å². The molecule has 1 saturated heterocycles. The number of nitrogens with zero attached hydrogens (tertiary/aromatic N) is 1. The molecular weight excluding hydrogens is 450 g/mol. The lowest BCUT2D eigenvalue weighted by Gasteiger charge is -2.26. The van der Waals surface area contributed by atoms with Crippen molar-refractivity contribution < 1.29 is 33.3 Å². The second-order valence-corrected chi connectivity index (χ2v) is 9.42. The van der Waals surface area contributed by atoms with Crippen molar-refractivity contribution in [1.82, 2.24) is 4.90 Å². The molecule has 35 heavy (non-hydrogen) atoms. The van der Waals surface area contributed by atoms with Crippen LogP contribution in [0.15, 0.2) is 48.5 Å². The standard InChI is InChI=1S/C27H33NO7/c1-27(2,3)35-24(29)14-12-21(19-11-13-22(32-4)23(16-19)33-5)25(30)28-20(17-34-26(28)31)15-18-9-7-6-8-10-18/h6-11,13,16,20-21H,12,14-15,17H2,1-5H3/t20-,21-/m0/s1. The third-order valence-corrected chi connectivity index (χ3v) is 5.68. The van der Waals surface area contributed by atoms with Crippen LogP contribution in [0.3, 0.4) is 0 Å². The van der Waals surface area contributed by atoms with Crippen molar-refractivity contribution in [2.45, 2.75) is 57.6 Å². The molecule has 2 atom stereocenters. The fraction of sp³-hybridized carbons (Fsp3) is 0.444. The Bertz CT molecular complexity index is 1050. The molecule has 1 heterocycles. The Balaban J connectivity index is 1.90. The van der Waals surface area contributed by atoms with Gasteiger partial charge in [-0.1, -0.05) is 36.4 Å². The van der Waals surface area contributed by atoms with Crippen LogP contribution >= 0.6 is 0 Å². The zero-order valence-electron chi connectivity index (χ0n) is 20.9. The number of hydrogen-bond donors (Lipinski definition) is 0. The molecule has 0 saturated carbocycles. The Morgan fingerprint density at radius 3 is 2.37 bits per heavy atom. The van der Waals surface area contributed by atoms with Gasteiger partial charge < -0.3 is 18.9 Å². The maximum atomic E-state index is 13.8. The Morgan fingerprint density at radius 1 is 1.06 bits per heavy atom. The zero-order chi connectivity index (χ0) is 25.6. The summed E-state index contributed by atoms with van der Waals surface area (Å²) in [5.41, 5.74) is 0.957. The van der Waals surface area contributed by atoms with E-state index in [2.05, 4.69) is 0 Å². The van der Waals surface area contributed by atoms with Crippen LogP contribution in [0.25, 0.3) is 0 Å². The maximum absolute atomic E-state index is 13.8. The summed E-state index contributed by atoms with van der Waals surface area (Å²) >= 11 is 0. The Morgan fingerprint density at radius 2 is 1.74 bits per heavy atom. The van der Waals surface area contributed by atoms with Crippen LogP contribution in [0.5, 0.6) is 11.5 Å². The highest BCUT2D eigenvalue weighted by Crippen LogP contribution is 2.34. The molecule has 1 fully saturated rings. The van der Waals surface area contributed by atoms with Gasteiger partial charge in [-0.05, 0) is 56.9 Å². The van der Waals surface area contributed by atoms with E-state index in [0.717, 1.165) is 5.56 Å². The van der Waals surface area contributed by atoms with E-state index < -0.39 is 35.5 Å². The lowest BCUT2D eigenvalue weighted by atomic mass is 9.91. The monoisotopic (exact) mass is 483 g/mol. The number of amides is 2. The minimum Gasteiger partial charge on any atom is -0.493 e. The van der Waals surface area contributed by atoms with Crippen LogP contribution in [0.4, 0.5) is 4.79 Å². The lowest BCUT2D eigenvalue weighted by molar-refractivity contribution is -0.155. The third-order valence-electron chi connectivity index (χ3n) is 5.68. The van der Waals surface area contributed by atoms with Crippen LogP contribution in [0.2, 0.25) is 0 Å². The number of ether oxygens (including phenoxy) is 4. The average Bonchev–Trinajstić information content (AvgIpc) is 3.18. The summed E-state index contributed by atoms with van der Waals surface area (Å²) < 4.78 is 21.4. The summed E-state index contributed by atoms with van der Waals surface area (Å²) in [6.07, 6.45) is -0.0405. The molecule has 1 aliphatic rings. The predicted octanol–water partition coefficient (Wildman–Crippen LogP) is 4.50. The summed E-state index contributed by atoms with van der Waals surface area (Å²) in [5, 5.41) is 0. The molecule has 3 rings (SSSR count). The Kier molecular flexibility index (Phi) is 8.38. The molecule has 0 aliphatic carbocycles. The number of carbonyl (C=O) groups is 3. The molecule has 8 nitrogen and oxygen atoms in total. The molecule has 0 aromatic heterocycles. The van der Waals surface area contributed by atoms with Crippen molar-refractivity contribution in [1.29, 1.82) is 0 Å². The van der Waals surface area contributed by atoms with E-state index in [0.29, 0.717) is 23.5 Å². The first-order valence-corrected chi connectivity index (χ1v) is 11.6. The van der Waals surface area contributed by atoms with Gasteiger partial charge in [-0.15, -0.1) is 0 Å². The van der Waals surface area contributed by atoms with E-state index in [1.165, 1.54) is 19.1 Å². The Hall–Kier alpha value is -3.55. The number of rotatable bonds is 9. The summed E-state index contributed by atoms with van der Waals surface area (Å²) in [4.78, 5) is 40.1. The van der Waals surface area contributed by atoms with Crippen LogP contribution < -0.4 is 9.47 Å². The lowest BCUT2D eigenvalue weighted by Crippen LogP contribution is -2.43. The quantitative estimate of drug-likeness (QED) is 0.485. The molecule has 8 heteroatoms. The molecule has 1 aliphatic heterocycles. The molecular formula is C27H33NO7. The predicted molar refractivity (Wildman–Crippen MR) is 129 cm³/mol. The van der Waals surface area contributed by atoms with Crippen molar-refractivity contribution in [3.8, 4) is 11.5 Å². The van der Waals surface area contributed by atoms with Gasteiger partial charge in [0, 0.05) is 6.42 Å². The van der Waals surface area contributed by atoms with E-state index in [4.69, 9.17) is 18.9 Å². The minimum absolute atomic E-state index is 0.00820. The molecule has 2 amide bonds. The number of benzene rings is 2. The minimum atomic E-state index is -0.786. The van der Waals surface area contributed by atoms with Crippen molar-refractivity contribution in [2.75, 3.05) is 20.8 Å². The van der Waals surface area contributed by atoms with Gasteiger partial charge in [-0.3, -0.25) is 9.59 Å². The second kappa shape index (κ2) is 11.3. The van der Waals surface area contributed by atoms with Crippen LogP contribution in [0.1, 0.15) is 50.7 Å². The van der Waals surface area contributed by atoms with Crippen LogP contribution in [-0.4, -0.2) is 55.3 Å². The molecule has 0 spiro atoms. The van der Waals surface area contributed by atoms with Crippen LogP contribution in [-0.2, 0) is 25.5 Å². The number of imide groups is 1. The largest absolute Gasteiger partial charge is 0.493 e. The van der Waals surface area contributed by atoms with Gasteiger partial charge >= 0.3 is 12.1 Å². The number of carbonyl (C=O) groups excluding carboxylic acids is 3. The molecule has 2 aromatic carbocycles. The van der Waals surface area contributed by atoms with Crippen LogP contribution in [0, 0.1) is 0 Å². The Labute approximate surface area is 206 Å². The van der Waals surface area contributed by atoms with Crippen molar-refractivity contribution in [3.05, 3.63) is 59.7 Å². The number of esters is 1. The van der Waals surface area contributed by atoms with Gasteiger partial charge in [0.15, 0.2) is 11.5 Å². The van der Waals surface area contributed by atoms with Gasteiger partial charge in [0.25, 0.3) is 0 Å². The highest BCUT2D eigenvalue weighted by atomic mass is 16.6. The highest BCUT2D eigenvalue weighted by Gasteiger charge is 2.41. The maximum Gasteiger partial charge on any atom is 0.417 e. The highest BCUT2D eigenvalue weighted by molar-refractivity contribution is 5.97. The molecule has 0 radical (unpaired) electrons. The van der Waals surface area contributed by atoms with E-state index >= 15 is 0 Å². The number of hydrogen-bond acceptors (Lipinski definition) is 7. The first-order valence-electron chi connectivity index (χ1n) is 11.6. The normalized spacial score (nSPS) is 16.4. The fourth-order valence-corrected chi connectivity index (χ4v) is 4.09. The first kappa shape index (κ1) is 26.1. The van der Waals surface area contributed by atoms with Crippen molar-refractivity contribution in [2.24, 2.45) is 0 Å². The topological polar surface area (TPSA) is 91.4 Å². The van der Waals surface area contributed by atoms with Gasteiger partial charge in [-0.2, -0.15) is 0 Å². The van der Waals surface area contributed by atoms with Crippen molar-refractivity contribution >= 4 is 18.0 Å². The molecule has 188 valence electrons. The first-order chi connectivity index (χ1) is 16.6. The average molecular weight is 484 g/mol. The molecule has 0 unspecified atom stereocenters. The third kappa shape index (κ3) is 6.74. The summed E-state index contributed by atoms with van der Waals surface area (Å²) in [6.45, 7) is 5.48. The van der Waals surface area contributed by atoms with E-state index in [9.17, 15) is 14.4 Å². The fourth-order valence-electron chi connectivity index (χ4n) is 4.09. The molecule has 2 aromatic rings. The SMILES string of the molecule is COc1ccc([C@H](CCC(=O)OC(C)(C)C)C(=O)N2C(=O)OC[C@@H]2Cc2ccccc2)cc1OC. The summed E-state index contributed by atoms with van der Waals surface area (Å²) in [5.74, 6) is -0.668. The molecule has 0 bridgehead atoms. The van der Waals surface area contributed by atoms with Gasteiger partial charge in [0.05, 0.1) is 26.2 Å². The van der Waals surface area contributed by atoms with Crippen molar-refractivity contribution in [3.63, 3.8) is 0 Å². The number of methoxy groups -OCH3 is 2. The van der Waals surface area contributed by atoms with E-state index in [1.54, 1.807) is 39.0 Å². The zero-order valence-corrected chi connectivity index (χ0v) is 20.9.